The molecule has 0 unspecified atom stereocenters. The lowest BCUT2D eigenvalue weighted by atomic mass is 10.3. The molecule has 0 radical (unpaired) electrons. The molecule has 84 valence electrons. The minimum absolute atomic E-state index is 0.190. The van der Waals surface area contributed by atoms with Gasteiger partial charge in [0.15, 0.2) is 0 Å². The van der Waals surface area contributed by atoms with Crippen LogP contribution in [0.4, 0.5) is 0 Å². The van der Waals surface area contributed by atoms with Gasteiger partial charge in [-0.1, -0.05) is 0 Å². The van der Waals surface area contributed by atoms with Crippen molar-refractivity contribution >= 4 is 33.9 Å². The van der Waals surface area contributed by atoms with Gasteiger partial charge in [0.1, 0.15) is 17.2 Å². The molecule has 0 spiro atoms. The van der Waals surface area contributed by atoms with Crippen LogP contribution >= 0.6 is 15.9 Å². The Morgan fingerprint density at radius 2 is 2.31 bits per heavy atom. The van der Waals surface area contributed by atoms with Crippen molar-refractivity contribution < 1.29 is 9.21 Å². The summed E-state index contributed by atoms with van der Waals surface area (Å²) in [4.78, 5) is 16.6. The predicted molar refractivity (Wildman–Crippen MR) is 63.5 cm³/mol. The molecule has 1 aromatic rings. The fourth-order valence-electron chi connectivity index (χ4n) is 1.39. The lowest BCUT2D eigenvalue weighted by molar-refractivity contribution is -0.114. The topological polar surface area (TPSA) is 71.8 Å². The average Bonchev–Trinajstić information content (AvgIpc) is 2.62. The number of hydrogen-bond acceptors (Lipinski definition) is 4. The van der Waals surface area contributed by atoms with Crippen molar-refractivity contribution in [3.8, 4) is 0 Å². The predicted octanol–water partition coefficient (Wildman–Crippen LogP) is 1.48. The summed E-state index contributed by atoms with van der Waals surface area (Å²) in [6, 6.07) is 1.83. The number of hydrogen-bond donors (Lipinski definition) is 1. The molecule has 1 aliphatic rings. The van der Waals surface area contributed by atoms with Crippen LogP contribution in [0, 0.1) is 6.92 Å². The number of likely N-dealkylation sites (N-methyl/N-ethyl adjacent to an activating group) is 1. The summed E-state index contributed by atoms with van der Waals surface area (Å²) in [5.74, 6) is 1.18. The second-order valence-corrected chi connectivity index (χ2v) is 4.29. The van der Waals surface area contributed by atoms with Crippen molar-refractivity contribution in [2.45, 2.75) is 6.92 Å². The Kier molecular flexibility index (Phi) is 2.59. The van der Waals surface area contributed by atoms with E-state index in [1.54, 1.807) is 13.1 Å². The van der Waals surface area contributed by atoms with Gasteiger partial charge in [0.25, 0.3) is 5.91 Å². The third-order valence-corrected chi connectivity index (χ3v) is 2.86. The fourth-order valence-corrected chi connectivity index (χ4v) is 1.90. The Hall–Kier alpha value is -1.56. The summed E-state index contributed by atoms with van der Waals surface area (Å²) in [5.41, 5.74) is 5.92. The summed E-state index contributed by atoms with van der Waals surface area (Å²) in [6.07, 6.45) is 1.61. The van der Waals surface area contributed by atoms with Gasteiger partial charge in [0, 0.05) is 13.1 Å². The molecular weight excluding hydrogens is 274 g/mol. The van der Waals surface area contributed by atoms with Crippen molar-refractivity contribution in [1.82, 2.24) is 4.90 Å². The van der Waals surface area contributed by atoms with Gasteiger partial charge in [-0.2, -0.15) is 4.99 Å². The highest BCUT2D eigenvalue weighted by atomic mass is 79.9. The molecule has 0 aliphatic carbocycles. The molecule has 2 rings (SSSR count). The normalized spacial score (nSPS) is 18.4. The Balaban J connectivity index is 2.40. The summed E-state index contributed by atoms with van der Waals surface area (Å²) in [6.45, 7) is 1.83. The second kappa shape index (κ2) is 3.79. The second-order valence-electron chi connectivity index (χ2n) is 3.43. The van der Waals surface area contributed by atoms with E-state index in [0.29, 0.717) is 11.5 Å². The first kappa shape index (κ1) is 10.9. The lowest BCUT2D eigenvalue weighted by Gasteiger charge is -2.10. The molecule has 6 heteroatoms. The Bertz CT molecular complexity index is 516. The minimum atomic E-state index is -0.360. The maximum Gasteiger partial charge on any atom is 0.297 e. The molecule has 5 nitrogen and oxygen atoms in total. The van der Waals surface area contributed by atoms with Crippen molar-refractivity contribution in [2.75, 3.05) is 7.05 Å². The standard InChI is InChI=1S/C10H10BrN3O2/c1-5-3-6(11)8(16-5)4-7-9(15)13-10(12)14(7)2/h3-4H,1-2H3,(H2,12,13,15)/b7-4+. The zero-order valence-corrected chi connectivity index (χ0v) is 10.4. The van der Waals surface area contributed by atoms with Crippen molar-refractivity contribution in [3.05, 3.63) is 27.8 Å². The first-order valence-corrected chi connectivity index (χ1v) is 5.38. The van der Waals surface area contributed by atoms with Gasteiger partial charge in [0.2, 0.25) is 5.96 Å². The third kappa shape index (κ3) is 1.76. The number of carbonyl (C=O) groups excluding carboxylic acids is 1. The van der Waals surface area contributed by atoms with Crippen LogP contribution in [0.5, 0.6) is 0 Å². The SMILES string of the molecule is Cc1cc(Br)c(/C=C2\C(=O)N=C(N)N2C)o1. The number of nitrogens with two attached hydrogens (primary N) is 1. The molecule has 1 aromatic heterocycles. The van der Waals surface area contributed by atoms with E-state index in [4.69, 9.17) is 10.2 Å². The van der Waals surface area contributed by atoms with Gasteiger partial charge < -0.3 is 15.1 Å². The summed E-state index contributed by atoms with van der Waals surface area (Å²) in [5, 5.41) is 0. The molecule has 2 N–H and O–H groups in total. The molecule has 0 fully saturated rings. The van der Waals surface area contributed by atoms with E-state index in [9.17, 15) is 4.79 Å². The van der Waals surface area contributed by atoms with E-state index in [0.717, 1.165) is 10.2 Å². The van der Waals surface area contributed by atoms with Gasteiger partial charge in [-0.15, -0.1) is 0 Å². The molecule has 0 bridgehead atoms. The first-order chi connectivity index (χ1) is 7.49. The molecule has 16 heavy (non-hydrogen) atoms. The van der Waals surface area contributed by atoms with E-state index in [2.05, 4.69) is 20.9 Å². The number of aryl methyl sites for hydroxylation is 1. The average molecular weight is 284 g/mol. The molecule has 0 saturated carbocycles. The molecule has 0 saturated heterocycles. The maximum absolute atomic E-state index is 11.5. The smallest absolute Gasteiger partial charge is 0.297 e. The number of guanidine groups is 1. The van der Waals surface area contributed by atoms with Gasteiger partial charge in [-0.3, -0.25) is 4.79 Å². The minimum Gasteiger partial charge on any atom is -0.461 e. The van der Waals surface area contributed by atoms with Gasteiger partial charge >= 0.3 is 0 Å². The zero-order chi connectivity index (χ0) is 11.9. The highest BCUT2D eigenvalue weighted by molar-refractivity contribution is 9.10. The van der Waals surface area contributed by atoms with Crippen LogP contribution < -0.4 is 5.73 Å². The van der Waals surface area contributed by atoms with Crippen LogP contribution in [-0.4, -0.2) is 23.8 Å². The van der Waals surface area contributed by atoms with E-state index in [1.165, 1.54) is 4.90 Å². The summed E-state index contributed by atoms with van der Waals surface area (Å²) < 4.78 is 6.21. The summed E-state index contributed by atoms with van der Waals surface area (Å²) in [7, 11) is 1.68. The van der Waals surface area contributed by atoms with E-state index >= 15 is 0 Å². The Labute approximate surface area is 101 Å². The van der Waals surface area contributed by atoms with Crippen molar-refractivity contribution in [1.29, 1.82) is 0 Å². The largest absolute Gasteiger partial charge is 0.461 e. The Morgan fingerprint density at radius 1 is 1.62 bits per heavy atom. The monoisotopic (exact) mass is 283 g/mol. The molecule has 0 atom stereocenters. The highest BCUT2D eigenvalue weighted by Gasteiger charge is 2.25. The third-order valence-electron chi connectivity index (χ3n) is 2.24. The lowest BCUT2D eigenvalue weighted by Crippen LogP contribution is -2.28. The quantitative estimate of drug-likeness (QED) is 0.793. The van der Waals surface area contributed by atoms with E-state index in [-0.39, 0.29) is 11.9 Å². The number of halogens is 1. The highest BCUT2D eigenvalue weighted by Crippen LogP contribution is 2.25. The van der Waals surface area contributed by atoms with Crippen LogP contribution in [0.2, 0.25) is 0 Å². The van der Waals surface area contributed by atoms with Gasteiger partial charge in [-0.25, -0.2) is 0 Å². The van der Waals surface area contributed by atoms with E-state index < -0.39 is 0 Å². The molecular formula is C10H10BrN3O2. The van der Waals surface area contributed by atoms with Crippen molar-refractivity contribution in [2.24, 2.45) is 10.7 Å². The maximum atomic E-state index is 11.5. The number of aliphatic imine (C=N–C) groups is 1. The zero-order valence-electron chi connectivity index (χ0n) is 8.82. The van der Waals surface area contributed by atoms with Crippen LogP contribution in [0.25, 0.3) is 6.08 Å². The number of furan rings is 1. The Morgan fingerprint density at radius 3 is 2.75 bits per heavy atom. The van der Waals surface area contributed by atoms with E-state index in [1.807, 2.05) is 13.0 Å². The summed E-state index contributed by atoms with van der Waals surface area (Å²) >= 11 is 3.34. The number of rotatable bonds is 1. The van der Waals surface area contributed by atoms with Crippen LogP contribution in [0.3, 0.4) is 0 Å². The van der Waals surface area contributed by atoms with Crippen LogP contribution in [0.1, 0.15) is 11.5 Å². The number of carbonyl (C=O) groups is 1. The molecule has 1 amide bonds. The van der Waals surface area contributed by atoms with Crippen LogP contribution in [-0.2, 0) is 4.79 Å². The number of amides is 1. The molecule has 2 heterocycles. The fraction of sp³-hybridized carbons (Fsp3) is 0.200. The van der Waals surface area contributed by atoms with Gasteiger partial charge in [-0.05, 0) is 28.9 Å². The van der Waals surface area contributed by atoms with Crippen molar-refractivity contribution in [3.63, 3.8) is 0 Å². The number of nitrogens with zero attached hydrogens (tertiary/aromatic N) is 2. The molecule has 1 aliphatic heterocycles. The first-order valence-electron chi connectivity index (χ1n) is 4.59. The van der Waals surface area contributed by atoms with Gasteiger partial charge in [0.05, 0.1) is 4.47 Å². The molecule has 0 aromatic carbocycles. The van der Waals surface area contributed by atoms with Crippen LogP contribution in [0.15, 0.2) is 25.6 Å².